The zero-order valence-electron chi connectivity index (χ0n) is 17.6. The van der Waals surface area contributed by atoms with Gasteiger partial charge in [-0.3, -0.25) is 10.1 Å². The molecule has 3 rings (SSSR count). The number of rotatable bonds is 10. The van der Waals surface area contributed by atoms with Crippen molar-refractivity contribution in [1.82, 2.24) is 10.2 Å². The molecule has 7 nitrogen and oxygen atoms in total. The number of nitrogens with one attached hydrogen (secondary N) is 1. The monoisotopic (exact) mass is 461 g/mol. The summed E-state index contributed by atoms with van der Waals surface area (Å²) in [5.74, 6) is 1.07. The van der Waals surface area contributed by atoms with Crippen molar-refractivity contribution < 1.29 is 19.0 Å². The van der Waals surface area contributed by atoms with E-state index < -0.39 is 0 Å². The molecule has 0 atom stereocenters. The number of benzene rings is 2. The first-order valence-electron chi connectivity index (χ1n) is 9.98. The summed E-state index contributed by atoms with van der Waals surface area (Å²) in [4.78, 5) is 12.9. The van der Waals surface area contributed by atoms with Gasteiger partial charge in [0.05, 0.1) is 19.8 Å². The molecule has 164 valence electrons. The average Bonchev–Trinajstić information content (AvgIpc) is 3.19. The zero-order chi connectivity index (χ0) is 22.2. The molecule has 0 fully saturated rings. The van der Waals surface area contributed by atoms with Gasteiger partial charge in [0.2, 0.25) is 10.9 Å². The molecule has 0 bridgehead atoms. The van der Waals surface area contributed by atoms with Crippen LogP contribution < -0.4 is 19.5 Å². The molecule has 0 radical (unpaired) electrons. The maximum Gasteiger partial charge on any atom is 0.257 e. The highest BCUT2D eigenvalue weighted by atomic mass is 35.5. The molecule has 0 aliphatic carbocycles. The van der Waals surface area contributed by atoms with E-state index in [2.05, 4.69) is 15.5 Å². The lowest BCUT2D eigenvalue weighted by molar-refractivity contribution is 0.102. The van der Waals surface area contributed by atoms with E-state index in [1.54, 1.807) is 12.1 Å². The topological polar surface area (TPSA) is 82.6 Å². The van der Waals surface area contributed by atoms with Crippen LogP contribution in [0.2, 0.25) is 5.02 Å². The highest BCUT2D eigenvalue weighted by Crippen LogP contribution is 2.39. The SMILES string of the molecule is CCOc1cc(C(=O)Nc2nnc(Cc3ccc(Cl)cc3)s2)cc(OCC)c1OCC. The maximum atomic E-state index is 12.9. The molecule has 0 unspecified atom stereocenters. The number of amides is 1. The van der Waals surface area contributed by atoms with E-state index in [4.69, 9.17) is 25.8 Å². The molecule has 0 saturated heterocycles. The summed E-state index contributed by atoms with van der Waals surface area (Å²) in [5.41, 5.74) is 1.44. The second kappa shape index (κ2) is 11.0. The summed E-state index contributed by atoms with van der Waals surface area (Å²) in [7, 11) is 0. The number of nitrogens with zero attached hydrogens (tertiary/aromatic N) is 2. The Morgan fingerprint density at radius 2 is 1.58 bits per heavy atom. The fourth-order valence-corrected chi connectivity index (χ4v) is 3.74. The third-order valence-corrected chi connectivity index (χ3v) is 5.22. The Labute approximate surface area is 190 Å². The Morgan fingerprint density at radius 1 is 0.968 bits per heavy atom. The van der Waals surface area contributed by atoms with Crippen LogP contribution in [0.4, 0.5) is 5.13 Å². The average molecular weight is 462 g/mol. The van der Waals surface area contributed by atoms with Crippen LogP contribution in [0.5, 0.6) is 17.2 Å². The van der Waals surface area contributed by atoms with Gasteiger partial charge in [0.1, 0.15) is 5.01 Å². The lowest BCUT2D eigenvalue weighted by Gasteiger charge is -2.16. The fraction of sp³-hybridized carbons (Fsp3) is 0.318. The minimum Gasteiger partial charge on any atom is -0.490 e. The van der Waals surface area contributed by atoms with Crippen LogP contribution in [-0.4, -0.2) is 35.9 Å². The van der Waals surface area contributed by atoms with E-state index in [1.165, 1.54) is 11.3 Å². The van der Waals surface area contributed by atoms with Crippen molar-refractivity contribution in [2.45, 2.75) is 27.2 Å². The minimum absolute atomic E-state index is 0.334. The molecule has 0 saturated carbocycles. The van der Waals surface area contributed by atoms with Gasteiger partial charge in [0.15, 0.2) is 11.5 Å². The summed E-state index contributed by atoms with van der Waals surface area (Å²) in [6.07, 6.45) is 0.608. The first kappa shape index (κ1) is 22.8. The van der Waals surface area contributed by atoms with E-state index in [9.17, 15) is 4.79 Å². The first-order valence-corrected chi connectivity index (χ1v) is 11.2. The number of halogens is 1. The number of carbonyl (C=O) groups is 1. The molecule has 9 heteroatoms. The van der Waals surface area contributed by atoms with Crippen LogP contribution in [0.3, 0.4) is 0 Å². The van der Waals surface area contributed by atoms with Crippen molar-refractivity contribution in [3.8, 4) is 17.2 Å². The number of anilines is 1. The third-order valence-electron chi connectivity index (χ3n) is 4.13. The third kappa shape index (κ3) is 6.08. The molecular weight excluding hydrogens is 438 g/mol. The Kier molecular flexibility index (Phi) is 8.08. The number of ether oxygens (including phenoxy) is 3. The van der Waals surface area contributed by atoms with Gasteiger partial charge >= 0.3 is 0 Å². The van der Waals surface area contributed by atoms with Crippen LogP contribution in [0.1, 0.15) is 41.7 Å². The zero-order valence-corrected chi connectivity index (χ0v) is 19.2. The van der Waals surface area contributed by atoms with E-state index in [1.807, 2.05) is 45.0 Å². The Balaban J connectivity index is 1.78. The molecule has 1 aromatic heterocycles. The van der Waals surface area contributed by atoms with Gasteiger partial charge in [-0.15, -0.1) is 10.2 Å². The van der Waals surface area contributed by atoms with Crippen LogP contribution in [0.25, 0.3) is 0 Å². The van der Waals surface area contributed by atoms with Crippen molar-refractivity contribution in [2.75, 3.05) is 25.1 Å². The van der Waals surface area contributed by atoms with Gasteiger partial charge in [0, 0.05) is 17.0 Å². The predicted molar refractivity (Wildman–Crippen MR) is 122 cm³/mol. The smallest absolute Gasteiger partial charge is 0.257 e. The van der Waals surface area contributed by atoms with Crippen LogP contribution in [0, 0.1) is 0 Å². The van der Waals surface area contributed by atoms with Gasteiger partial charge in [-0.25, -0.2) is 0 Å². The maximum absolute atomic E-state index is 12.9. The molecule has 2 aromatic carbocycles. The van der Waals surface area contributed by atoms with Gasteiger partial charge in [-0.05, 0) is 50.6 Å². The van der Waals surface area contributed by atoms with E-state index in [0.717, 1.165) is 10.6 Å². The second-order valence-electron chi connectivity index (χ2n) is 6.36. The van der Waals surface area contributed by atoms with Gasteiger partial charge in [-0.2, -0.15) is 0 Å². The predicted octanol–water partition coefficient (Wildman–Crippen LogP) is 5.23. The van der Waals surface area contributed by atoms with Crippen LogP contribution >= 0.6 is 22.9 Å². The van der Waals surface area contributed by atoms with Gasteiger partial charge in [0.25, 0.3) is 5.91 Å². The Morgan fingerprint density at radius 3 is 2.16 bits per heavy atom. The van der Waals surface area contributed by atoms with E-state index >= 15 is 0 Å². The highest BCUT2D eigenvalue weighted by molar-refractivity contribution is 7.15. The summed E-state index contributed by atoms with van der Waals surface area (Å²) in [6, 6.07) is 10.8. The van der Waals surface area contributed by atoms with Crippen molar-refractivity contribution in [3.05, 3.63) is 57.6 Å². The van der Waals surface area contributed by atoms with E-state index in [0.29, 0.717) is 59.2 Å². The summed E-state index contributed by atoms with van der Waals surface area (Å²) in [6.45, 7) is 6.93. The number of carbonyl (C=O) groups excluding carboxylic acids is 1. The summed E-state index contributed by atoms with van der Waals surface area (Å²) >= 11 is 7.25. The number of hydrogen-bond acceptors (Lipinski definition) is 7. The van der Waals surface area contributed by atoms with Crippen molar-refractivity contribution in [1.29, 1.82) is 0 Å². The Hall–Kier alpha value is -2.84. The van der Waals surface area contributed by atoms with Gasteiger partial charge in [-0.1, -0.05) is 35.1 Å². The molecule has 1 N–H and O–H groups in total. The van der Waals surface area contributed by atoms with Crippen molar-refractivity contribution >= 4 is 34.0 Å². The molecule has 3 aromatic rings. The quantitative estimate of drug-likeness (QED) is 0.445. The van der Waals surface area contributed by atoms with Crippen molar-refractivity contribution in [3.63, 3.8) is 0 Å². The van der Waals surface area contributed by atoms with Gasteiger partial charge < -0.3 is 14.2 Å². The summed E-state index contributed by atoms with van der Waals surface area (Å²) in [5, 5.41) is 12.9. The lowest BCUT2D eigenvalue weighted by Crippen LogP contribution is -2.13. The second-order valence-corrected chi connectivity index (χ2v) is 7.86. The van der Waals surface area contributed by atoms with E-state index in [-0.39, 0.29) is 5.91 Å². The standard InChI is InChI=1S/C22H24ClN3O4S/c1-4-28-17-12-15(13-18(29-5-2)20(17)30-6-3)21(27)24-22-26-25-19(31-22)11-14-7-9-16(23)10-8-14/h7-10,12-13H,4-6,11H2,1-3H3,(H,24,26,27). The number of aromatic nitrogens is 2. The molecule has 1 amide bonds. The largest absolute Gasteiger partial charge is 0.490 e. The Bertz CT molecular complexity index is 997. The normalized spacial score (nSPS) is 10.6. The minimum atomic E-state index is -0.334. The lowest BCUT2D eigenvalue weighted by atomic mass is 10.1. The van der Waals surface area contributed by atoms with Crippen LogP contribution in [0.15, 0.2) is 36.4 Å². The van der Waals surface area contributed by atoms with Crippen LogP contribution in [-0.2, 0) is 6.42 Å². The molecule has 0 spiro atoms. The molecule has 0 aliphatic heterocycles. The fourth-order valence-electron chi connectivity index (χ4n) is 2.84. The molecule has 1 heterocycles. The number of hydrogen-bond donors (Lipinski definition) is 1. The summed E-state index contributed by atoms with van der Waals surface area (Å²) < 4.78 is 17.0. The highest BCUT2D eigenvalue weighted by Gasteiger charge is 2.19. The van der Waals surface area contributed by atoms with Crippen molar-refractivity contribution in [2.24, 2.45) is 0 Å². The molecule has 31 heavy (non-hydrogen) atoms. The molecular formula is C22H24ClN3O4S. The first-order chi connectivity index (χ1) is 15.0. The molecule has 0 aliphatic rings.